The van der Waals surface area contributed by atoms with Gasteiger partial charge in [-0.25, -0.2) is 0 Å². The molecule has 0 saturated carbocycles. The summed E-state index contributed by atoms with van der Waals surface area (Å²) < 4.78 is 16.4. The lowest BCUT2D eigenvalue weighted by molar-refractivity contribution is 0.0746. The maximum atomic E-state index is 13.0. The van der Waals surface area contributed by atoms with Crippen molar-refractivity contribution in [2.45, 2.75) is 13.3 Å². The van der Waals surface area contributed by atoms with Crippen LogP contribution in [0.4, 0.5) is 5.69 Å². The third kappa shape index (κ3) is 4.88. The molecule has 1 heterocycles. The second-order valence-electron chi connectivity index (χ2n) is 6.82. The normalized spacial score (nSPS) is 13.9. The number of hydrogen-bond acceptors (Lipinski definition) is 5. The molecular weight excluding hydrogens is 392 g/mol. The first-order valence-corrected chi connectivity index (χ1v) is 10.1. The van der Waals surface area contributed by atoms with Gasteiger partial charge in [-0.05, 0) is 30.7 Å². The van der Waals surface area contributed by atoms with Crippen LogP contribution in [0.1, 0.15) is 23.7 Å². The Morgan fingerprint density at radius 3 is 2.48 bits per heavy atom. The average Bonchev–Trinajstić information content (AvgIpc) is 2.77. The molecule has 0 aromatic heterocycles. The van der Waals surface area contributed by atoms with Gasteiger partial charge in [0.1, 0.15) is 5.75 Å². The number of rotatable bonds is 7. The predicted octanol–water partition coefficient (Wildman–Crippen LogP) is 4.11. The Bertz CT molecular complexity index is 851. The van der Waals surface area contributed by atoms with Crippen molar-refractivity contribution in [3.05, 3.63) is 47.0 Å². The van der Waals surface area contributed by atoms with Crippen LogP contribution in [0.15, 0.2) is 36.4 Å². The van der Waals surface area contributed by atoms with Crippen LogP contribution in [0.25, 0.3) is 0 Å². The molecule has 2 aromatic rings. The van der Waals surface area contributed by atoms with Gasteiger partial charge in [-0.3, -0.25) is 4.79 Å². The highest BCUT2D eigenvalue weighted by Crippen LogP contribution is 2.37. The Kier molecular flexibility index (Phi) is 7.09. The summed E-state index contributed by atoms with van der Waals surface area (Å²) in [5, 5.41) is 0.385. The fraction of sp³-hybridized carbons (Fsp3) is 0.409. The second-order valence-corrected chi connectivity index (χ2v) is 7.23. The number of methoxy groups -OCH3 is 2. The van der Waals surface area contributed by atoms with E-state index in [1.807, 2.05) is 30.0 Å². The molecule has 29 heavy (non-hydrogen) atoms. The second kappa shape index (κ2) is 9.74. The van der Waals surface area contributed by atoms with Gasteiger partial charge in [0, 0.05) is 43.5 Å². The molecule has 1 saturated heterocycles. The van der Waals surface area contributed by atoms with Crippen molar-refractivity contribution in [2.75, 3.05) is 51.9 Å². The molecule has 7 heteroatoms. The molecule has 3 rings (SSSR count). The molecule has 1 aliphatic rings. The minimum Gasteiger partial charge on any atom is -0.497 e. The fourth-order valence-electron chi connectivity index (χ4n) is 3.35. The van der Waals surface area contributed by atoms with Gasteiger partial charge in [0.25, 0.3) is 5.91 Å². The number of carbonyl (C=O) groups excluding carboxylic acids is 1. The SMILES string of the molecule is CCCOc1c(Cl)cc(C(=O)N2CCN(c3cccc(OC)c3)CC2)cc1OC. The van der Waals surface area contributed by atoms with Gasteiger partial charge in [0.2, 0.25) is 0 Å². The van der Waals surface area contributed by atoms with Crippen molar-refractivity contribution in [3.63, 3.8) is 0 Å². The van der Waals surface area contributed by atoms with Gasteiger partial charge >= 0.3 is 0 Å². The topological polar surface area (TPSA) is 51.2 Å². The number of piperazine rings is 1. The number of carbonyl (C=O) groups is 1. The van der Waals surface area contributed by atoms with Crippen molar-refractivity contribution in [1.29, 1.82) is 0 Å². The van der Waals surface area contributed by atoms with E-state index in [-0.39, 0.29) is 5.91 Å². The largest absolute Gasteiger partial charge is 0.497 e. The molecule has 2 aromatic carbocycles. The number of ether oxygens (including phenoxy) is 3. The highest BCUT2D eigenvalue weighted by Gasteiger charge is 2.24. The third-order valence-electron chi connectivity index (χ3n) is 4.91. The van der Waals surface area contributed by atoms with Crippen molar-refractivity contribution < 1.29 is 19.0 Å². The van der Waals surface area contributed by atoms with Gasteiger partial charge in [-0.2, -0.15) is 0 Å². The summed E-state index contributed by atoms with van der Waals surface area (Å²) in [6, 6.07) is 11.3. The Labute approximate surface area is 176 Å². The molecule has 1 amide bonds. The summed E-state index contributed by atoms with van der Waals surface area (Å²) in [6.45, 7) is 5.32. The van der Waals surface area contributed by atoms with E-state index in [0.717, 1.165) is 30.9 Å². The molecular formula is C22H27ClN2O4. The van der Waals surface area contributed by atoms with Crippen LogP contribution < -0.4 is 19.1 Å². The number of hydrogen-bond donors (Lipinski definition) is 0. The number of nitrogens with zero attached hydrogens (tertiary/aromatic N) is 2. The van der Waals surface area contributed by atoms with Gasteiger partial charge in [-0.1, -0.05) is 24.6 Å². The summed E-state index contributed by atoms with van der Waals surface area (Å²) in [4.78, 5) is 17.1. The summed E-state index contributed by atoms with van der Waals surface area (Å²) in [5.41, 5.74) is 1.60. The summed E-state index contributed by atoms with van der Waals surface area (Å²) in [5.74, 6) is 1.73. The standard InChI is InChI=1S/C22H27ClN2O4/c1-4-12-29-21-19(23)13-16(14-20(21)28-3)22(26)25-10-8-24(9-11-25)17-6-5-7-18(15-17)27-2/h5-7,13-15H,4,8-12H2,1-3H3. The van der Waals surface area contributed by atoms with E-state index >= 15 is 0 Å². The summed E-state index contributed by atoms with van der Waals surface area (Å²) in [6.07, 6.45) is 0.859. The molecule has 6 nitrogen and oxygen atoms in total. The zero-order valence-corrected chi connectivity index (χ0v) is 17.9. The van der Waals surface area contributed by atoms with E-state index in [9.17, 15) is 4.79 Å². The fourth-order valence-corrected chi connectivity index (χ4v) is 3.61. The van der Waals surface area contributed by atoms with Crippen LogP contribution in [0.3, 0.4) is 0 Å². The third-order valence-corrected chi connectivity index (χ3v) is 5.19. The van der Waals surface area contributed by atoms with Gasteiger partial charge < -0.3 is 24.0 Å². The van der Waals surface area contributed by atoms with Crippen LogP contribution in [0, 0.1) is 0 Å². The quantitative estimate of drug-likeness (QED) is 0.677. The predicted molar refractivity (Wildman–Crippen MR) is 115 cm³/mol. The number of amides is 1. The lowest BCUT2D eigenvalue weighted by atomic mass is 10.1. The van der Waals surface area contributed by atoms with Gasteiger partial charge in [0.15, 0.2) is 11.5 Å². The van der Waals surface area contributed by atoms with E-state index in [1.54, 1.807) is 26.4 Å². The smallest absolute Gasteiger partial charge is 0.254 e. The van der Waals surface area contributed by atoms with E-state index in [2.05, 4.69) is 11.0 Å². The van der Waals surface area contributed by atoms with E-state index in [4.69, 9.17) is 25.8 Å². The molecule has 0 N–H and O–H groups in total. The molecule has 0 atom stereocenters. The highest BCUT2D eigenvalue weighted by atomic mass is 35.5. The Morgan fingerprint density at radius 1 is 1.07 bits per heavy atom. The molecule has 1 fully saturated rings. The van der Waals surface area contributed by atoms with Crippen molar-refractivity contribution in [3.8, 4) is 17.2 Å². The summed E-state index contributed by atoms with van der Waals surface area (Å²) in [7, 11) is 3.21. The molecule has 0 unspecified atom stereocenters. The lowest BCUT2D eigenvalue weighted by Gasteiger charge is -2.36. The van der Waals surface area contributed by atoms with Crippen LogP contribution in [0.2, 0.25) is 5.02 Å². The maximum Gasteiger partial charge on any atom is 0.254 e. The van der Waals surface area contributed by atoms with E-state index < -0.39 is 0 Å². The average molecular weight is 419 g/mol. The molecule has 0 radical (unpaired) electrons. The zero-order chi connectivity index (χ0) is 20.8. The molecule has 0 spiro atoms. The molecule has 0 aliphatic carbocycles. The van der Waals surface area contributed by atoms with Crippen LogP contribution in [-0.4, -0.2) is 57.8 Å². The zero-order valence-electron chi connectivity index (χ0n) is 17.1. The lowest BCUT2D eigenvalue weighted by Crippen LogP contribution is -2.48. The number of benzene rings is 2. The van der Waals surface area contributed by atoms with Gasteiger partial charge in [0.05, 0.1) is 25.8 Å². The van der Waals surface area contributed by atoms with Crippen molar-refractivity contribution >= 4 is 23.2 Å². The Morgan fingerprint density at radius 2 is 1.83 bits per heavy atom. The monoisotopic (exact) mass is 418 g/mol. The molecule has 156 valence electrons. The van der Waals surface area contributed by atoms with Gasteiger partial charge in [-0.15, -0.1) is 0 Å². The van der Waals surface area contributed by atoms with Crippen molar-refractivity contribution in [1.82, 2.24) is 4.90 Å². The molecule has 1 aliphatic heterocycles. The first-order valence-electron chi connectivity index (χ1n) is 9.76. The minimum atomic E-state index is -0.0578. The number of halogens is 1. The van der Waals surface area contributed by atoms with Crippen LogP contribution in [-0.2, 0) is 0 Å². The van der Waals surface area contributed by atoms with E-state index in [0.29, 0.717) is 41.8 Å². The maximum absolute atomic E-state index is 13.0. The minimum absolute atomic E-state index is 0.0578. The number of anilines is 1. The Balaban J connectivity index is 1.69. The molecule has 0 bridgehead atoms. The van der Waals surface area contributed by atoms with Crippen LogP contribution in [0.5, 0.6) is 17.2 Å². The van der Waals surface area contributed by atoms with Crippen LogP contribution >= 0.6 is 11.6 Å². The highest BCUT2D eigenvalue weighted by molar-refractivity contribution is 6.32. The summed E-state index contributed by atoms with van der Waals surface area (Å²) >= 11 is 6.37. The van der Waals surface area contributed by atoms with Crippen molar-refractivity contribution in [2.24, 2.45) is 0 Å². The van der Waals surface area contributed by atoms with E-state index in [1.165, 1.54) is 0 Å². The first-order chi connectivity index (χ1) is 14.1. The Hall–Kier alpha value is -2.60. The first kappa shape index (κ1) is 21.1.